The Kier molecular flexibility index (Phi) is 3.10. The molecule has 2 rings (SSSR count). The van der Waals surface area contributed by atoms with Gasteiger partial charge in [0.2, 0.25) is 0 Å². The molecule has 0 aliphatic heterocycles. The summed E-state index contributed by atoms with van der Waals surface area (Å²) in [6, 6.07) is 3.84. The first-order chi connectivity index (χ1) is 7.77. The number of rotatable bonds is 4. The number of hydrogen-bond donors (Lipinski definition) is 1. The minimum Gasteiger partial charge on any atom is -0.493 e. The molecule has 0 saturated heterocycles. The van der Waals surface area contributed by atoms with Gasteiger partial charge in [0.15, 0.2) is 5.58 Å². The molecule has 0 unspecified atom stereocenters. The van der Waals surface area contributed by atoms with E-state index in [-0.39, 0.29) is 6.61 Å². The first-order valence-corrected chi connectivity index (χ1v) is 5.39. The third kappa shape index (κ3) is 1.76. The van der Waals surface area contributed by atoms with Gasteiger partial charge in [0.1, 0.15) is 5.75 Å². The average Bonchev–Trinajstić information content (AvgIpc) is 2.67. The summed E-state index contributed by atoms with van der Waals surface area (Å²) < 4.78 is 10.8. The van der Waals surface area contributed by atoms with E-state index in [1.54, 1.807) is 0 Å². The van der Waals surface area contributed by atoms with Crippen LogP contribution >= 0.6 is 0 Å². The van der Waals surface area contributed by atoms with Crippen molar-refractivity contribution >= 4 is 11.0 Å². The molecule has 0 amide bonds. The van der Waals surface area contributed by atoms with Crippen LogP contribution in [0.4, 0.5) is 0 Å². The number of aliphatic hydroxyl groups excluding tert-OH is 1. The Morgan fingerprint density at radius 2 is 2.25 bits per heavy atom. The lowest BCUT2D eigenvalue weighted by Gasteiger charge is -2.05. The number of aliphatic hydroxyl groups is 1. The van der Waals surface area contributed by atoms with Gasteiger partial charge in [-0.15, -0.1) is 0 Å². The second-order valence-corrected chi connectivity index (χ2v) is 3.60. The first kappa shape index (κ1) is 11.0. The van der Waals surface area contributed by atoms with Gasteiger partial charge >= 0.3 is 0 Å². The summed E-state index contributed by atoms with van der Waals surface area (Å²) in [4.78, 5) is 0. The molecule has 0 saturated carbocycles. The summed E-state index contributed by atoms with van der Waals surface area (Å²) >= 11 is 0. The van der Waals surface area contributed by atoms with Crippen molar-refractivity contribution in [3.63, 3.8) is 0 Å². The maximum absolute atomic E-state index is 8.90. The van der Waals surface area contributed by atoms with E-state index in [9.17, 15) is 0 Å². The number of aromatic nitrogens is 1. The third-order valence-electron chi connectivity index (χ3n) is 2.56. The molecule has 1 aromatic heterocycles. The van der Waals surface area contributed by atoms with Gasteiger partial charge in [-0.05, 0) is 26.0 Å². The molecular formula is C12H15NO3. The number of aryl methyl sites for hydroxylation is 1. The van der Waals surface area contributed by atoms with Gasteiger partial charge in [-0.25, -0.2) is 0 Å². The van der Waals surface area contributed by atoms with Crippen molar-refractivity contribution in [2.24, 2.45) is 0 Å². The molecule has 1 heterocycles. The van der Waals surface area contributed by atoms with Crippen LogP contribution < -0.4 is 4.74 Å². The molecule has 0 bridgehead atoms. The zero-order valence-electron chi connectivity index (χ0n) is 9.49. The van der Waals surface area contributed by atoms with E-state index in [0.717, 1.165) is 28.0 Å². The Morgan fingerprint density at radius 3 is 2.94 bits per heavy atom. The predicted octanol–water partition coefficient (Wildman–Crippen LogP) is 2.07. The van der Waals surface area contributed by atoms with Crippen LogP contribution in [0.25, 0.3) is 11.0 Å². The highest BCUT2D eigenvalue weighted by Gasteiger charge is 2.12. The molecule has 1 N–H and O–H groups in total. The van der Waals surface area contributed by atoms with Gasteiger partial charge in [0.05, 0.1) is 12.3 Å². The summed E-state index contributed by atoms with van der Waals surface area (Å²) in [6.45, 7) is 4.60. The van der Waals surface area contributed by atoms with E-state index in [1.165, 1.54) is 0 Å². The summed E-state index contributed by atoms with van der Waals surface area (Å²) in [5.74, 6) is 0.821. The molecule has 0 aliphatic carbocycles. The summed E-state index contributed by atoms with van der Waals surface area (Å²) in [6.07, 6.45) is 0.514. The van der Waals surface area contributed by atoms with E-state index in [4.69, 9.17) is 14.4 Å². The number of hydrogen-bond acceptors (Lipinski definition) is 4. The maximum atomic E-state index is 8.90. The molecule has 86 valence electrons. The van der Waals surface area contributed by atoms with E-state index in [1.807, 2.05) is 26.0 Å². The fourth-order valence-electron chi connectivity index (χ4n) is 1.77. The first-order valence-electron chi connectivity index (χ1n) is 5.39. The standard InChI is InChI=1S/C12H15NO3/c1-3-15-11-5-4-9-10(6-7-14)13-16-12(9)8(11)2/h4-5,14H,3,6-7H2,1-2H3. The smallest absolute Gasteiger partial charge is 0.173 e. The highest BCUT2D eigenvalue weighted by atomic mass is 16.5. The van der Waals surface area contributed by atoms with Crippen LogP contribution in [0.3, 0.4) is 0 Å². The Balaban J connectivity index is 2.50. The van der Waals surface area contributed by atoms with Gasteiger partial charge < -0.3 is 14.4 Å². The van der Waals surface area contributed by atoms with Crippen LogP contribution in [0, 0.1) is 6.92 Å². The molecular weight excluding hydrogens is 206 g/mol. The van der Waals surface area contributed by atoms with E-state index in [0.29, 0.717) is 13.0 Å². The Hall–Kier alpha value is -1.55. The lowest BCUT2D eigenvalue weighted by Crippen LogP contribution is -1.94. The van der Waals surface area contributed by atoms with Crippen molar-refractivity contribution in [3.05, 3.63) is 23.4 Å². The molecule has 2 aromatic rings. The molecule has 1 aromatic carbocycles. The van der Waals surface area contributed by atoms with Gasteiger partial charge in [-0.2, -0.15) is 0 Å². The Morgan fingerprint density at radius 1 is 1.44 bits per heavy atom. The van der Waals surface area contributed by atoms with Crippen LogP contribution in [0.5, 0.6) is 5.75 Å². The number of ether oxygens (including phenoxy) is 1. The second-order valence-electron chi connectivity index (χ2n) is 3.60. The Labute approximate surface area is 93.8 Å². The van der Waals surface area contributed by atoms with Crippen LogP contribution in [0.15, 0.2) is 16.7 Å². The van der Waals surface area contributed by atoms with Crippen LogP contribution in [0.1, 0.15) is 18.2 Å². The minimum absolute atomic E-state index is 0.0773. The zero-order chi connectivity index (χ0) is 11.5. The lowest BCUT2D eigenvalue weighted by atomic mass is 10.1. The van der Waals surface area contributed by atoms with Crippen LogP contribution in [-0.4, -0.2) is 23.5 Å². The largest absolute Gasteiger partial charge is 0.493 e. The van der Waals surface area contributed by atoms with Gasteiger partial charge in [0.25, 0.3) is 0 Å². The van der Waals surface area contributed by atoms with Crippen molar-refractivity contribution in [3.8, 4) is 5.75 Å². The quantitative estimate of drug-likeness (QED) is 0.858. The fourth-order valence-corrected chi connectivity index (χ4v) is 1.77. The van der Waals surface area contributed by atoms with E-state index < -0.39 is 0 Å². The van der Waals surface area contributed by atoms with Crippen molar-refractivity contribution in [1.82, 2.24) is 5.16 Å². The molecule has 0 fully saturated rings. The summed E-state index contributed by atoms with van der Waals surface area (Å²) in [5.41, 5.74) is 2.49. The van der Waals surface area contributed by atoms with Crippen LogP contribution in [0.2, 0.25) is 0 Å². The van der Waals surface area contributed by atoms with Crippen molar-refractivity contribution in [2.75, 3.05) is 13.2 Å². The fraction of sp³-hybridized carbons (Fsp3) is 0.417. The topological polar surface area (TPSA) is 55.5 Å². The maximum Gasteiger partial charge on any atom is 0.173 e. The van der Waals surface area contributed by atoms with E-state index in [2.05, 4.69) is 5.16 Å². The normalized spacial score (nSPS) is 10.9. The van der Waals surface area contributed by atoms with Crippen molar-refractivity contribution in [1.29, 1.82) is 0 Å². The highest BCUT2D eigenvalue weighted by molar-refractivity contribution is 5.84. The summed E-state index contributed by atoms with van der Waals surface area (Å²) in [7, 11) is 0. The molecule has 4 heteroatoms. The van der Waals surface area contributed by atoms with Crippen molar-refractivity contribution in [2.45, 2.75) is 20.3 Å². The second kappa shape index (κ2) is 4.53. The average molecular weight is 221 g/mol. The van der Waals surface area contributed by atoms with Gasteiger partial charge in [-0.1, -0.05) is 5.16 Å². The monoisotopic (exact) mass is 221 g/mol. The van der Waals surface area contributed by atoms with Crippen molar-refractivity contribution < 1.29 is 14.4 Å². The number of benzene rings is 1. The Bertz CT molecular complexity index is 490. The van der Waals surface area contributed by atoms with Crippen LogP contribution in [-0.2, 0) is 6.42 Å². The molecule has 16 heavy (non-hydrogen) atoms. The SMILES string of the molecule is CCOc1ccc2c(CCO)noc2c1C. The summed E-state index contributed by atoms with van der Waals surface area (Å²) in [5, 5.41) is 13.8. The number of fused-ring (bicyclic) bond motifs is 1. The highest BCUT2D eigenvalue weighted by Crippen LogP contribution is 2.29. The lowest BCUT2D eigenvalue weighted by molar-refractivity contribution is 0.295. The van der Waals surface area contributed by atoms with E-state index >= 15 is 0 Å². The third-order valence-corrected chi connectivity index (χ3v) is 2.56. The minimum atomic E-state index is 0.0773. The molecule has 0 aliphatic rings. The molecule has 4 nitrogen and oxygen atoms in total. The van der Waals surface area contributed by atoms with Gasteiger partial charge in [-0.3, -0.25) is 0 Å². The van der Waals surface area contributed by atoms with Gasteiger partial charge in [0, 0.05) is 24.0 Å². The number of nitrogens with zero attached hydrogens (tertiary/aromatic N) is 1. The molecule has 0 radical (unpaired) electrons. The predicted molar refractivity (Wildman–Crippen MR) is 60.7 cm³/mol. The zero-order valence-corrected chi connectivity index (χ0v) is 9.49. The molecule has 0 spiro atoms. The molecule has 0 atom stereocenters.